The van der Waals surface area contributed by atoms with Gasteiger partial charge in [-0.25, -0.2) is 0 Å². The molecule has 0 heterocycles. The molecular weight excluding hydrogens is 274 g/mol. The first-order valence-electron chi connectivity index (χ1n) is 7.18. The third-order valence-electron chi connectivity index (χ3n) is 4.08. The Balaban J connectivity index is 1.83. The van der Waals surface area contributed by atoms with Gasteiger partial charge in [0.2, 0.25) is 0 Å². The molecule has 1 aliphatic carbocycles. The molecule has 106 valence electrons. The fourth-order valence-electron chi connectivity index (χ4n) is 3.22. The Labute approximate surface area is 126 Å². The Morgan fingerprint density at radius 2 is 1.74 bits per heavy atom. The van der Waals surface area contributed by atoms with Gasteiger partial charge in [0.1, 0.15) is 0 Å². The number of hydrogen-bond donors (Lipinski definition) is 1. The molecule has 19 heavy (non-hydrogen) atoms. The molecule has 0 aromatic heterocycles. The monoisotopic (exact) mass is 297 g/mol. The zero-order valence-corrected chi connectivity index (χ0v) is 13.4. The Morgan fingerprint density at radius 3 is 2.32 bits per heavy atom. The van der Waals surface area contributed by atoms with E-state index in [9.17, 15) is 0 Å². The molecule has 1 fully saturated rings. The highest BCUT2D eigenvalue weighted by molar-refractivity contribution is 7.99. The third-order valence-corrected chi connectivity index (χ3v) is 5.49. The number of thioether (sulfide) groups is 1. The van der Waals surface area contributed by atoms with Crippen LogP contribution < -0.4 is 5.73 Å². The lowest BCUT2D eigenvalue weighted by Crippen LogP contribution is -2.37. The third kappa shape index (κ3) is 4.70. The van der Waals surface area contributed by atoms with E-state index in [0.29, 0.717) is 12.0 Å². The summed E-state index contributed by atoms with van der Waals surface area (Å²) in [6.07, 6.45) is 3.97. The fraction of sp³-hybridized carbons (Fsp3) is 0.625. The quantitative estimate of drug-likeness (QED) is 0.805. The predicted molar refractivity (Wildman–Crippen MR) is 85.8 cm³/mol. The van der Waals surface area contributed by atoms with E-state index in [1.54, 1.807) is 0 Å². The predicted octanol–water partition coefficient (Wildman–Crippen LogP) is 4.83. The van der Waals surface area contributed by atoms with E-state index in [1.807, 2.05) is 23.9 Å². The maximum absolute atomic E-state index is 6.40. The summed E-state index contributed by atoms with van der Waals surface area (Å²) in [5.74, 6) is 3.37. The van der Waals surface area contributed by atoms with Gasteiger partial charge >= 0.3 is 0 Å². The summed E-state index contributed by atoms with van der Waals surface area (Å²) in [4.78, 5) is 1.26. The molecule has 3 atom stereocenters. The van der Waals surface area contributed by atoms with Crippen molar-refractivity contribution < 1.29 is 0 Å². The van der Waals surface area contributed by atoms with Crippen LogP contribution >= 0.6 is 23.4 Å². The largest absolute Gasteiger partial charge is 0.327 e. The van der Waals surface area contributed by atoms with Crippen LogP contribution in [0.3, 0.4) is 0 Å². The van der Waals surface area contributed by atoms with Gasteiger partial charge in [0.25, 0.3) is 0 Å². The summed E-state index contributed by atoms with van der Waals surface area (Å²) < 4.78 is 0. The number of benzene rings is 1. The molecule has 3 unspecified atom stereocenters. The van der Waals surface area contributed by atoms with Crippen molar-refractivity contribution in [1.82, 2.24) is 0 Å². The van der Waals surface area contributed by atoms with E-state index in [1.165, 1.54) is 24.2 Å². The molecule has 2 rings (SSSR count). The average molecular weight is 298 g/mol. The minimum atomic E-state index is 0.311. The normalized spacial score (nSPS) is 29.2. The average Bonchev–Trinajstić information content (AvgIpc) is 2.36. The Hall–Kier alpha value is -0.180. The van der Waals surface area contributed by atoms with Gasteiger partial charge in [-0.3, -0.25) is 0 Å². The first-order valence-corrected chi connectivity index (χ1v) is 8.55. The summed E-state index contributed by atoms with van der Waals surface area (Å²) in [7, 11) is 0. The topological polar surface area (TPSA) is 26.0 Å². The second-order valence-corrected chi connectivity index (χ2v) is 7.64. The highest BCUT2D eigenvalue weighted by atomic mass is 35.5. The summed E-state index contributed by atoms with van der Waals surface area (Å²) in [5, 5.41) is 0.795. The van der Waals surface area contributed by atoms with Gasteiger partial charge in [0, 0.05) is 21.7 Å². The van der Waals surface area contributed by atoms with Crippen LogP contribution in [0.4, 0.5) is 0 Å². The highest BCUT2D eigenvalue weighted by Gasteiger charge is 2.28. The van der Waals surface area contributed by atoms with Gasteiger partial charge in [0.15, 0.2) is 0 Å². The second-order valence-electron chi connectivity index (χ2n) is 6.11. The first-order chi connectivity index (χ1) is 9.04. The summed E-state index contributed by atoms with van der Waals surface area (Å²) in [6.45, 7) is 4.73. The Kier molecular flexibility index (Phi) is 5.61. The number of hydrogen-bond acceptors (Lipinski definition) is 2. The van der Waals surface area contributed by atoms with Crippen molar-refractivity contribution in [3.8, 4) is 0 Å². The molecule has 3 heteroatoms. The van der Waals surface area contributed by atoms with Crippen LogP contribution in [0, 0.1) is 17.8 Å². The van der Waals surface area contributed by atoms with Crippen LogP contribution in [0.25, 0.3) is 0 Å². The highest BCUT2D eigenvalue weighted by Crippen LogP contribution is 2.35. The summed E-state index contributed by atoms with van der Waals surface area (Å²) in [6, 6.07) is 8.35. The van der Waals surface area contributed by atoms with Gasteiger partial charge in [-0.1, -0.05) is 25.4 Å². The molecule has 0 aliphatic heterocycles. The summed E-state index contributed by atoms with van der Waals surface area (Å²) >= 11 is 7.74. The van der Waals surface area contributed by atoms with Crippen molar-refractivity contribution in [2.24, 2.45) is 23.5 Å². The molecule has 0 saturated heterocycles. The SMILES string of the molecule is CC1CC(C)CC(C(N)CSc2ccc(Cl)cc2)C1. The van der Waals surface area contributed by atoms with Crippen molar-refractivity contribution in [3.05, 3.63) is 29.3 Å². The van der Waals surface area contributed by atoms with Crippen molar-refractivity contribution in [3.63, 3.8) is 0 Å². The fourth-order valence-corrected chi connectivity index (χ4v) is 4.33. The minimum absolute atomic E-state index is 0.311. The van der Waals surface area contributed by atoms with Crippen LogP contribution in [-0.2, 0) is 0 Å². The van der Waals surface area contributed by atoms with E-state index in [2.05, 4.69) is 26.0 Å². The molecule has 0 radical (unpaired) electrons. The molecule has 1 aliphatic rings. The molecule has 1 nitrogen and oxygen atoms in total. The van der Waals surface area contributed by atoms with Crippen molar-refractivity contribution >= 4 is 23.4 Å². The second kappa shape index (κ2) is 7.01. The lowest BCUT2D eigenvalue weighted by molar-refractivity contribution is 0.200. The molecule has 1 aromatic rings. The van der Waals surface area contributed by atoms with Crippen LogP contribution in [0.1, 0.15) is 33.1 Å². The van der Waals surface area contributed by atoms with Crippen molar-refractivity contribution in [1.29, 1.82) is 0 Å². The van der Waals surface area contributed by atoms with Gasteiger partial charge in [-0.2, -0.15) is 0 Å². The van der Waals surface area contributed by atoms with Gasteiger partial charge in [0.05, 0.1) is 0 Å². The maximum atomic E-state index is 6.40. The zero-order valence-electron chi connectivity index (χ0n) is 11.8. The Bertz CT molecular complexity index is 382. The van der Waals surface area contributed by atoms with Gasteiger partial charge in [-0.15, -0.1) is 11.8 Å². The lowest BCUT2D eigenvalue weighted by atomic mass is 9.74. The smallest absolute Gasteiger partial charge is 0.0406 e. The number of nitrogens with two attached hydrogens (primary N) is 1. The molecule has 0 spiro atoms. The van der Waals surface area contributed by atoms with Crippen LogP contribution in [-0.4, -0.2) is 11.8 Å². The molecule has 1 aromatic carbocycles. The number of halogens is 1. The summed E-state index contributed by atoms with van der Waals surface area (Å²) in [5.41, 5.74) is 6.40. The van der Waals surface area contributed by atoms with Crippen molar-refractivity contribution in [2.45, 2.75) is 44.0 Å². The molecule has 1 saturated carbocycles. The van der Waals surface area contributed by atoms with E-state index < -0.39 is 0 Å². The van der Waals surface area contributed by atoms with E-state index in [4.69, 9.17) is 17.3 Å². The van der Waals surface area contributed by atoms with E-state index in [-0.39, 0.29) is 0 Å². The first kappa shape index (κ1) is 15.2. The molecule has 0 amide bonds. The standard InChI is InChI=1S/C16H24ClNS/c1-11-7-12(2)9-13(8-11)16(18)10-19-15-5-3-14(17)4-6-15/h3-6,11-13,16H,7-10,18H2,1-2H3. The molecular formula is C16H24ClNS. The minimum Gasteiger partial charge on any atom is -0.327 e. The van der Waals surface area contributed by atoms with Gasteiger partial charge in [-0.05, 0) is 61.3 Å². The van der Waals surface area contributed by atoms with Crippen LogP contribution in [0.15, 0.2) is 29.2 Å². The lowest BCUT2D eigenvalue weighted by Gasteiger charge is -2.34. The maximum Gasteiger partial charge on any atom is 0.0406 e. The van der Waals surface area contributed by atoms with E-state index >= 15 is 0 Å². The van der Waals surface area contributed by atoms with Crippen molar-refractivity contribution in [2.75, 3.05) is 5.75 Å². The molecule has 2 N–H and O–H groups in total. The zero-order chi connectivity index (χ0) is 13.8. The number of rotatable bonds is 4. The van der Waals surface area contributed by atoms with E-state index in [0.717, 1.165) is 22.6 Å². The molecule has 0 bridgehead atoms. The van der Waals surface area contributed by atoms with Gasteiger partial charge < -0.3 is 5.73 Å². The van der Waals surface area contributed by atoms with Crippen LogP contribution in [0.2, 0.25) is 5.02 Å². The van der Waals surface area contributed by atoms with Crippen LogP contribution in [0.5, 0.6) is 0 Å². The Morgan fingerprint density at radius 1 is 1.16 bits per heavy atom.